The van der Waals surface area contributed by atoms with E-state index in [-0.39, 0.29) is 0 Å². The van der Waals surface area contributed by atoms with Gasteiger partial charge in [-0.3, -0.25) is 0 Å². The third-order valence-corrected chi connectivity index (χ3v) is 5.77. The van der Waals surface area contributed by atoms with Crippen LogP contribution in [-0.2, 0) is 0 Å². The molecule has 17 heavy (non-hydrogen) atoms. The summed E-state index contributed by atoms with van der Waals surface area (Å²) in [7, 11) is 0. The summed E-state index contributed by atoms with van der Waals surface area (Å²) in [5.74, 6) is 5.05. The molecular weight excluding hydrogens is 208 g/mol. The van der Waals surface area contributed by atoms with Gasteiger partial charge < -0.3 is 5.11 Å². The first-order chi connectivity index (χ1) is 8.34. The van der Waals surface area contributed by atoms with Crippen molar-refractivity contribution in [1.29, 1.82) is 0 Å². The molecule has 0 heterocycles. The summed E-state index contributed by atoms with van der Waals surface area (Å²) in [6, 6.07) is 8.02. The van der Waals surface area contributed by atoms with E-state index in [0.29, 0.717) is 11.7 Å². The van der Waals surface area contributed by atoms with E-state index in [4.69, 9.17) is 0 Å². The molecule has 1 N–H and O–H groups in total. The molecule has 4 rings (SSSR count). The number of hydrogen-bond donors (Lipinski definition) is 1. The molecule has 1 aromatic rings. The van der Waals surface area contributed by atoms with Crippen LogP contribution in [0.4, 0.5) is 0 Å². The molecule has 1 aromatic carbocycles. The molecule has 3 fully saturated rings. The molecule has 3 saturated carbocycles. The fourth-order valence-electron chi connectivity index (χ4n) is 5.24. The van der Waals surface area contributed by atoms with Crippen LogP contribution in [0.15, 0.2) is 24.3 Å². The zero-order chi connectivity index (χ0) is 11.4. The molecule has 3 aliphatic rings. The van der Waals surface area contributed by atoms with Gasteiger partial charge in [-0.05, 0) is 73.3 Å². The van der Waals surface area contributed by atoms with E-state index in [0.717, 1.165) is 23.7 Å². The molecule has 2 bridgehead atoms. The predicted molar refractivity (Wildman–Crippen MR) is 67.9 cm³/mol. The number of para-hydroxylation sites is 1. The highest BCUT2D eigenvalue weighted by molar-refractivity contribution is 5.36. The molecule has 3 aliphatic carbocycles. The van der Waals surface area contributed by atoms with Crippen molar-refractivity contribution in [1.82, 2.24) is 0 Å². The van der Waals surface area contributed by atoms with Crippen molar-refractivity contribution in [3.05, 3.63) is 29.8 Å². The average molecular weight is 228 g/mol. The Hall–Kier alpha value is -0.980. The Kier molecular flexibility index (Phi) is 2.06. The second kappa shape index (κ2) is 3.51. The first-order valence-electron chi connectivity index (χ1n) is 7.12. The second-order valence-electron chi connectivity index (χ2n) is 6.32. The Morgan fingerprint density at radius 1 is 0.941 bits per heavy atom. The van der Waals surface area contributed by atoms with Gasteiger partial charge in [-0.1, -0.05) is 18.2 Å². The van der Waals surface area contributed by atoms with Gasteiger partial charge in [0, 0.05) is 0 Å². The van der Waals surface area contributed by atoms with Crippen molar-refractivity contribution < 1.29 is 5.11 Å². The summed E-state index contributed by atoms with van der Waals surface area (Å²) in [5.41, 5.74) is 1.23. The van der Waals surface area contributed by atoms with Crippen LogP contribution >= 0.6 is 0 Å². The minimum absolute atomic E-state index is 0.529. The summed E-state index contributed by atoms with van der Waals surface area (Å²) >= 11 is 0. The standard InChI is InChI=1S/C16H20O/c17-15-4-2-1-3-13(15)14-8-7-12-10-5-6-11(9-10)16(12)14/h1-4,10-12,14,16-17H,5-9H2. The molecule has 0 amide bonds. The minimum atomic E-state index is 0.529. The molecule has 1 nitrogen and oxygen atoms in total. The highest BCUT2D eigenvalue weighted by Gasteiger charge is 2.53. The van der Waals surface area contributed by atoms with E-state index >= 15 is 0 Å². The third-order valence-electron chi connectivity index (χ3n) is 5.77. The number of phenolic OH excluding ortho intramolecular Hbond substituents is 1. The smallest absolute Gasteiger partial charge is 0.119 e. The minimum Gasteiger partial charge on any atom is -0.508 e. The van der Waals surface area contributed by atoms with Crippen molar-refractivity contribution in [2.24, 2.45) is 23.7 Å². The first kappa shape index (κ1) is 9.99. The number of hydrogen-bond acceptors (Lipinski definition) is 1. The molecule has 5 unspecified atom stereocenters. The van der Waals surface area contributed by atoms with Crippen molar-refractivity contribution in [3.63, 3.8) is 0 Å². The molecule has 0 saturated heterocycles. The van der Waals surface area contributed by atoms with E-state index in [1.54, 1.807) is 0 Å². The van der Waals surface area contributed by atoms with Crippen molar-refractivity contribution in [3.8, 4) is 5.75 Å². The van der Waals surface area contributed by atoms with Crippen LogP contribution in [0.5, 0.6) is 5.75 Å². The van der Waals surface area contributed by atoms with Crippen LogP contribution in [0.3, 0.4) is 0 Å². The number of aromatic hydroxyl groups is 1. The number of rotatable bonds is 1. The van der Waals surface area contributed by atoms with Gasteiger partial charge in [0.15, 0.2) is 0 Å². The molecule has 0 aliphatic heterocycles. The summed E-state index contributed by atoms with van der Waals surface area (Å²) in [4.78, 5) is 0. The normalized spacial score (nSPS) is 42.9. The van der Waals surface area contributed by atoms with Gasteiger partial charge in [0.1, 0.15) is 5.75 Å². The highest BCUT2D eigenvalue weighted by atomic mass is 16.3. The lowest BCUT2D eigenvalue weighted by atomic mass is 9.75. The zero-order valence-electron chi connectivity index (χ0n) is 10.2. The molecule has 5 atom stereocenters. The maximum Gasteiger partial charge on any atom is 0.119 e. The lowest BCUT2D eigenvalue weighted by Gasteiger charge is -2.29. The Bertz CT molecular complexity index is 439. The third kappa shape index (κ3) is 1.31. The Balaban J connectivity index is 1.70. The van der Waals surface area contributed by atoms with E-state index in [9.17, 15) is 5.11 Å². The van der Waals surface area contributed by atoms with Crippen molar-refractivity contribution >= 4 is 0 Å². The summed E-state index contributed by atoms with van der Waals surface area (Å²) in [6.45, 7) is 0. The van der Waals surface area contributed by atoms with Gasteiger partial charge in [-0.25, -0.2) is 0 Å². The van der Waals surface area contributed by atoms with Gasteiger partial charge in [0.05, 0.1) is 0 Å². The summed E-state index contributed by atoms with van der Waals surface area (Å²) in [5, 5.41) is 10.1. The number of phenols is 1. The van der Waals surface area contributed by atoms with Crippen molar-refractivity contribution in [2.75, 3.05) is 0 Å². The van der Waals surface area contributed by atoms with Crippen LogP contribution < -0.4 is 0 Å². The highest BCUT2D eigenvalue weighted by Crippen LogP contribution is 2.63. The Morgan fingerprint density at radius 3 is 2.65 bits per heavy atom. The molecule has 90 valence electrons. The first-order valence-corrected chi connectivity index (χ1v) is 7.12. The van der Waals surface area contributed by atoms with Crippen LogP contribution in [0.1, 0.15) is 43.6 Å². The fourth-order valence-corrected chi connectivity index (χ4v) is 5.24. The SMILES string of the molecule is Oc1ccccc1C1CCC2C3CCC(C3)C12. The van der Waals surface area contributed by atoms with E-state index < -0.39 is 0 Å². The maximum absolute atomic E-state index is 10.1. The Morgan fingerprint density at radius 2 is 1.76 bits per heavy atom. The fraction of sp³-hybridized carbons (Fsp3) is 0.625. The number of fused-ring (bicyclic) bond motifs is 5. The average Bonchev–Trinajstić information content (AvgIpc) is 3.02. The van der Waals surface area contributed by atoms with Gasteiger partial charge in [-0.15, -0.1) is 0 Å². The monoisotopic (exact) mass is 228 g/mol. The van der Waals surface area contributed by atoms with Gasteiger partial charge in [-0.2, -0.15) is 0 Å². The second-order valence-corrected chi connectivity index (χ2v) is 6.32. The predicted octanol–water partition coefficient (Wildman–Crippen LogP) is 3.93. The van der Waals surface area contributed by atoms with Gasteiger partial charge in [0.2, 0.25) is 0 Å². The molecule has 1 heteroatoms. The van der Waals surface area contributed by atoms with E-state index in [1.165, 1.54) is 37.7 Å². The topological polar surface area (TPSA) is 20.2 Å². The quantitative estimate of drug-likeness (QED) is 0.772. The molecular formula is C16H20O. The lowest BCUT2D eigenvalue weighted by molar-refractivity contribution is 0.241. The van der Waals surface area contributed by atoms with Gasteiger partial charge >= 0.3 is 0 Å². The largest absolute Gasteiger partial charge is 0.508 e. The summed E-state index contributed by atoms with van der Waals surface area (Å²) < 4.78 is 0. The van der Waals surface area contributed by atoms with Crippen molar-refractivity contribution in [2.45, 2.75) is 38.0 Å². The maximum atomic E-state index is 10.1. The zero-order valence-corrected chi connectivity index (χ0v) is 10.2. The number of benzene rings is 1. The molecule has 0 spiro atoms. The Labute approximate surface area is 103 Å². The van der Waals surface area contributed by atoms with Gasteiger partial charge in [0.25, 0.3) is 0 Å². The van der Waals surface area contributed by atoms with Crippen LogP contribution in [0.25, 0.3) is 0 Å². The lowest BCUT2D eigenvalue weighted by Crippen LogP contribution is -2.21. The van der Waals surface area contributed by atoms with Crippen LogP contribution in [0.2, 0.25) is 0 Å². The molecule has 0 radical (unpaired) electrons. The molecule has 0 aromatic heterocycles. The van der Waals surface area contributed by atoms with E-state index in [1.807, 2.05) is 12.1 Å². The van der Waals surface area contributed by atoms with Crippen LogP contribution in [-0.4, -0.2) is 5.11 Å². The van der Waals surface area contributed by atoms with E-state index in [2.05, 4.69) is 12.1 Å². The van der Waals surface area contributed by atoms with Crippen LogP contribution in [0, 0.1) is 23.7 Å². The summed E-state index contributed by atoms with van der Waals surface area (Å²) in [6.07, 6.45) is 7.14.